The monoisotopic (exact) mass is 345 g/mol. The Morgan fingerprint density at radius 2 is 2.04 bits per heavy atom. The quantitative estimate of drug-likeness (QED) is 0.772. The summed E-state index contributed by atoms with van der Waals surface area (Å²) >= 11 is 1.39. The van der Waals surface area contributed by atoms with Crippen molar-refractivity contribution in [3.05, 3.63) is 51.6 Å². The fraction of sp³-hybridized carbons (Fsp3) is 0.235. The summed E-state index contributed by atoms with van der Waals surface area (Å²) in [5.41, 5.74) is 6.52. The lowest BCUT2D eigenvalue weighted by Gasteiger charge is -2.09. The van der Waals surface area contributed by atoms with Crippen LogP contribution in [0.2, 0.25) is 0 Å². The second kappa shape index (κ2) is 6.52. The van der Waals surface area contributed by atoms with Crippen LogP contribution in [0.1, 0.15) is 18.7 Å². The van der Waals surface area contributed by atoms with Gasteiger partial charge in [0.2, 0.25) is 5.91 Å². The molecule has 0 spiro atoms. The van der Waals surface area contributed by atoms with E-state index >= 15 is 0 Å². The number of thiophene rings is 1. The lowest BCUT2D eigenvalue weighted by molar-refractivity contribution is -0.118. The molecule has 2 heterocycles. The van der Waals surface area contributed by atoms with Gasteiger partial charge in [0.1, 0.15) is 16.5 Å². The molecule has 0 atom stereocenters. The zero-order valence-electron chi connectivity index (χ0n) is 13.1. The minimum atomic E-state index is -0.391. The van der Waals surface area contributed by atoms with Gasteiger partial charge >= 0.3 is 0 Å². The maximum atomic E-state index is 13.1. The average molecular weight is 345 g/mol. The number of hydrogen-bond donors (Lipinski definition) is 1. The number of primary amides is 1. The molecule has 0 aliphatic carbocycles. The summed E-state index contributed by atoms with van der Waals surface area (Å²) in [6, 6.07) is 6.03. The highest BCUT2D eigenvalue weighted by Gasteiger charge is 2.15. The van der Waals surface area contributed by atoms with Crippen LogP contribution in [-0.2, 0) is 11.3 Å². The van der Waals surface area contributed by atoms with Crippen molar-refractivity contribution >= 4 is 27.5 Å². The number of halogens is 1. The lowest BCUT2D eigenvalue weighted by atomic mass is 10.1. The molecule has 2 aromatic heterocycles. The predicted molar refractivity (Wildman–Crippen MR) is 92.4 cm³/mol. The Bertz CT molecular complexity index is 960. The van der Waals surface area contributed by atoms with Crippen LogP contribution >= 0.6 is 11.3 Å². The largest absolute Gasteiger partial charge is 0.370 e. The smallest absolute Gasteiger partial charge is 0.262 e. The summed E-state index contributed by atoms with van der Waals surface area (Å²) in [5.74, 6) is -0.113. The molecule has 0 saturated carbocycles. The molecular weight excluding hydrogens is 329 g/mol. The van der Waals surface area contributed by atoms with Crippen molar-refractivity contribution in [1.82, 2.24) is 9.55 Å². The minimum absolute atomic E-state index is 0.150. The first-order chi connectivity index (χ1) is 11.5. The van der Waals surface area contributed by atoms with Gasteiger partial charge in [-0.3, -0.25) is 14.2 Å². The third kappa shape index (κ3) is 3.07. The summed E-state index contributed by atoms with van der Waals surface area (Å²) in [7, 11) is 0. The van der Waals surface area contributed by atoms with Crippen LogP contribution in [0.5, 0.6) is 0 Å². The molecule has 0 radical (unpaired) electrons. The predicted octanol–water partition coefficient (Wildman–Crippen LogP) is 2.84. The molecule has 1 aromatic carbocycles. The number of rotatable bonds is 5. The van der Waals surface area contributed by atoms with Gasteiger partial charge in [-0.15, -0.1) is 11.3 Å². The van der Waals surface area contributed by atoms with E-state index in [1.807, 2.05) is 5.38 Å². The van der Waals surface area contributed by atoms with Gasteiger partial charge in [0.15, 0.2) is 0 Å². The number of aryl methyl sites for hydroxylation is 1. The second-order valence-electron chi connectivity index (χ2n) is 5.52. The molecule has 1 amide bonds. The third-order valence-corrected chi connectivity index (χ3v) is 4.72. The molecule has 0 aliphatic rings. The first-order valence-electron chi connectivity index (χ1n) is 7.50. The molecule has 124 valence electrons. The summed E-state index contributed by atoms with van der Waals surface area (Å²) in [6.07, 6.45) is 0.706. The van der Waals surface area contributed by atoms with Crippen LogP contribution in [0, 0.1) is 12.7 Å². The van der Waals surface area contributed by atoms with Crippen LogP contribution in [0.25, 0.3) is 21.3 Å². The van der Waals surface area contributed by atoms with E-state index in [4.69, 9.17) is 5.73 Å². The lowest BCUT2D eigenvalue weighted by Crippen LogP contribution is -2.24. The van der Waals surface area contributed by atoms with Gasteiger partial charge in [-0.05, 0) is 31.0 Å². The van der Waals surface area contributed by atoms with Gasteiger partial charge in [-0.2, -0.15) is 0 Å². The van der Waals surface area contributed by atoms with Crippen molar-refractivity contribution in [1.29, 1.82) is 0 Å². The number of aromatic nitrogens is 2. The van der Waals surface area contributed by atoms with Gasteiger partial charge in [0, 0.05) is 23.9 Å². The fourth-order valence-electron chi connectivity index (χ4n) is 2.64. The Kier molecular flexibility index (Phi) is 4.44. The van der Waals surface area contributed by atoms with Crippen LogP contribution < -0.4 is 11.3 Å². The Morgan fingerprint density at radius 3 is 2.71 bits per heavy atom. The molecule has 5 nitrogen and oxygen atoms in total. The number of carbonyl (C=O) groups is 1. The molecule has 3 aromatic rings. The Balaban J connectivity index is 2.08. The molecular formula is C17H16FN3O2S. The van der Waals surface area contributed by atoms with Crippen molar-refractivity contribution in [3.63, 3.8) is 0 Å². The molecule has 0 bridgehead atoms. The number of carbonyl (C=O) groups excluding carboxylic acids is 1. The van der Waals surface area contributed by atoms with Crippen molar-refractivity contribution in [2.75, 3.05) is 0 Å². The Labute approximate surface area is 141 Å². The zero-order chi connectivity index (χ0) is 17.3. The van der Waals surface area contributed by atoms with Crippen molar-refractivity contribution < 1.29 is 9.18 Å². The van der Waals surface area contributed by atoms with Gasteiger partial charge in [-0.1, -0.05) is 12.1 Å². The molecule has 24 heavy (non-hydrogen) atoms. The van der Waals surface area contributed by atoms with Crippen LogP contribution in [0.3, 0.4) is 0 Å². The van der Waals surface area contributed by atoms with Gasteiger partial charge in [0.05, 0.1) is 5.39 Å². The highest BCUT2D eigenvalue weighted by molar-refractivity contribution is 7.17. The maximum Gasteiger partial charge on any atom is 0.262 e. The van der Waals surface area contributed by atoms with Crippen LogP contribution in [0.15, 0.2) is 34.4 Å². The zero-order valence-corrected chi connectivity index (χ0v) is 13.9. The van der Waals surface area contributed by atoms with E-state index in [0.29, 0.717) is 29.0 Å². The maximum absolute atomic E-state index is 13.1. The Hall–Kier alpha value is -2.54. The molecule has 0 saturated heterocycles. The number of nitrogens with two attached hydrogens (primary N) is 1. The van der Waals surface area contributed by atoms with E-state index in [0.717, 1.165) is 11.1 Å². The molecule has 7 heteroatoms. The minimum Gasteiger partial charge on any atom is -0.370 e. The van der Waals surface area contributed by atoms with Crippen molar-refractivity contribution in [3.8, 4) is 11.1 Å². The summed E-state index contributed by atoms with van der Waals surface area (Å²) in [4.78, 5) is 28.9. The van der Waals surface area contributed by atoms with E-state index < -0.39 is 5.91 Å². The van der Waals surface area contributed by atoms with Crippen molar-refractivity contribution in [2.45, 2.75) is 26.3 Å². The van der Waals surface area contributed by atoms with Gasteiger partial charge < -0.3 is 5.73 Å². The first-order valence-corrected chi connectivity index (χ1v) is 8.38. The average Bonchev–Trinajstić information content (AvgIpc) is 2.95. The van der Waals surface area contributed by atoms with Gasteiger partial charge in [-0.25, -0.2) is 9.37 Å². The van der Waals surface area contributed by atoms with Crippen LogP contribution in [-0.4, -0.2) is 15.5 Å². The summed E-state index contributed by atoms with van der Waals surface area (Å²) < 4.78 is 14.7. The van der Waals surface area contributed by atoms with E-state index in [1.165, 1.54) is 23.5 Å². The highest BCUT2D eigenvalue weighted by Crippen LogP contribution is 2.31. The first kappa shape index (κ1) is 16.3. The SMILES string of the molecule is Cc1nc2scc(-c3ccc(F)cc3)c2c(=O)n1CCCC(N)=O. The molecule has 3 rings (SSSR count). The molecule has 0 unspecified atom stereocenters. The van der Waals surface area contributed by atoms with E-state index in [1.54, 1.807) is 23.6 Å². The van der Waals surface area contributed by atoms with Gasteiger partial charge in [0.25, 0.3) is 5.56 Å². The standard InChI is InChI=1S/C17H16FN3O2S/c1-10-20-16-15(17(23)21(10)8-2-3-14(19)22)13(9-24-16)11-4-6-12(18)7-5-11/h4-7,9H,2-3,8H2,1H3,(H2,19,22). The Morgan fingerprint density at radius 1 is 1.33 bits per heavy atom. The number of benzene rings is 1. The topological polar surface area (TPSA) is 78.0 Å². The summed E-state index contributed by atoms with van der Waals surface area (Å²) in [5, 5.41) is 2.38. The highest BCUT2D eigenvalue weighted by atomic mass is 32.1. The number of fused-ring (bicyclic) bond motifs is 1. The third-order valence-electron chi connectivity index (χ3n) is 3.84. The number of hydrogen-bond acceptors (Lipinski definition) is 4. The molecule has 0 aliphatic heterocycles. The van der Waals surface area contributed by atoms with E-state index in [-0.39, 0.29) is 17.8 Å². The molecule has 2 N–H and O–H groups in total. The van der Waals surface area contributed by atoms with E-state index in [2.05, 4.69) is 4.98 Å². The number of nitrogens with zero attached hydrogens (tertiary/aromatic N) is 2. The van der Waals surface area contributed by atoms with E-state index in [9.17, 15) is 14.0 Å². The second-order valence-corrected chi connectivity index (χ2v) is 6.38. The normalized spacial score (nSPS) is 11.1. The summed E-state index contributed by atoms with van der Waals surface area (Å²) in [6.45, 7) is 2.15. The number of amides is 1. The van der Waals surface area contributed by atoms with Crippen molar-refractivity contribution in [2.24, 2.45) is 5.73 Å². The van der Waals surface area contributed by atoms with Crippen LogP contribution in [0.4, 0.5) is 4.39 Å². The fourth-order valence-corrected chi connectivity index (χ4v) is 3.63. The molecule has 0 fully saturated rings.